The number of rotatable bonds is 12. The molecule has 5 heteroatoms. The fourth-order valence-electron chi connectivity index (χ4n) is 4.57. The first-order valence-electron chi connectivity index (χ1n) is 11.0. The van der Waals surface area contributed by atoms with Crippen LogP contribution < -0.4 is 0 Å². The Morgan fingerprint density at radius 1 is 1.21 bits per heavy atom. The summed E-state index contributed by atoms with van der Waals surface area (Å²) in [7, 11) is 0. The number of hydrogen-bond acceptors (Lipinski definition) is 2. The molecule has 2 aliphatic rings. The van der Waals surface area contributed by atoms with Gasteiger partial charge in [0, 0.05) is 6.42 Å². The van der Waals surface area contributed by atoms with Crippen LogP contribution in [0.4, 0.5) is 8.78 Å². The number of carbonyl (C=O) groups is 1. The quantitative estimate of drug-likeness (QED) is 0.370. The first kappa shape index (κ1) is 22.9. The molecule has 1 unspecified atom stereocenters. The van der Waals surface area contributed by atoms with Gasteiger partial charge in [0.15, 0.2) is 0 Å². The van der Waals surface area contributed by atoms with Gasteiger partial charge in [-0.2, -0.15) is 0 Å². The van der Waals surface area contributed by atoms with Crippen LogP contribution in [0.3, 0.4) is 0 Å². The Bertz CT molecular complexity index is 534. The van der Waals surface area contributed by atoms with Gasteiger partial charge in [0.05, 0.1) is 12.0 Å². The summed E-state index contributed by atoms with van der Waals surface area (Å²) in [5.41, 5.74) is -1.23. The van der Waals surface area contributed by atoms with Gasteiger partial charge in [0.2, 0.25) is 6.43 Å². The predicted octanol–water partition coefficient (Wildman–Crippen LogP) is 6.74. The SMILES string of the molecule is CCCCCCCCOC1=CCC(C2CCC(CC(F)F)(C(=O)O)CC2)C=C1. The fraction of sp³-hybridized carbons (Fsp3) is 0.783. The molecule has 0 aromatic heterocycles. The van der Waals surface area contributed by atoms with Crippen molar-refractivity contribution in [3.8, 4) is 0 Å². The largest absolute Gasteiger partial charge is 0.494 e. The maximum absolute atomic E-state index is 12.8. The molecule has 160 valence electrons. The van der Waals surface area contributed by atoms with E-state index in [1.54, 1.807) is 0 Å². The summed E-state index contributed by atoms with van der Waals surface area (Å²) in [6, 6.07) is 0. The predicted molar refractivity (Wildman–Crippen MR) is 107 cm³/mol. The van der Waals surface area contributed by atoms with Crippen LogP contribution in [0.2, 0.25) is 0 Å². The standard InChI is InChI=1S/C23H36F2O3/c1-2-3-4-5-6-7-16-28-20-10-8-18(9-11-20)19-12-14-23(15-13-19,22(26)27)17-21(24)25/h8,10-11,18-19,21H,2-7,9,12-17H2,1H3,(H,26,27). The van der Waals surface area contributed by atoms with E-state index in [0.717, 1.165) is 25.2 Å². The highest BCUT2D eigenvalue weighted by atomic mass is 19.3. The van der Waals surface area contributed by atoms with Crippen molar-refractivity contribution < 1.29 is 23.4 Å². The molecule has 0 bridgehead atoms. The lowest BCUT2D eigenvalue weighted by molar-refractivity contribution is -0.155. The number of hydrogen-bond donors (Lipinski definition) is 1. The number of halogens is 2. The van der Waals surface area contributed by atoms with Gasteiger partial charge < -0.3 is 9.84 Å². The van der Waals surface area contributed by atoms with Gasteiger partial charge in [-0.25, -0.2) is 8.78 Å². The normalized spacial score (nSPS) is 27.6. The maximum Gasteiger partial charge on any atom is 0.309 e. The van der Waals surface area contributed by atoms with Gasteiger partial charge in [-0.1, -0.05) is 45.1 Å². The van der Waals surface area contributed by atoms with Crippen LogP contribution in [-0.4, -0.2) is 24.1 Å². The lowest BCUT2D eigenvalue weighted by atomic mass is 9.65. The number of aliphatic carboxylic acids is 1. The number of carboxylic acids is 1. The third-order valence-corrected chi connectivity index (χ3v) is 6.46. The second-order valence-electron chi connectivity index (χ2n) is 8.50. The summed E-state index contributed by atoms with van der Waals surface area (Å²) in [4.78, 5) is 11.6. The summed E-state index contributed by atoms with van der Waals surface area (Å²) in [5.74, 6) is 0.603. The van der Waals surface area contributed by atoms with E-state index >= 15 is 0 Å². The van der Waals surface area contributed by atoms with E-state index in [4.69, 9.17) is 4.74 Å². The van der Waals surface area contributed by atoms with Gasteiger partial charge in [-0.15, -0.1) is 0 Å². The van der Waals surface area contributed by atoms with Gasteiger partial charge in [-0.3, -0.25) is 4.79 Å². The number of ether oxygens (including phenoxy) is 1. The molecular weight excluding hydrogens is 362 g/mol. The third-order valence-electron chi connectivity index (χ3n) is 6.46. The van der Waals surface area contributed by atoms with Gasteiger partial charge in [0.1, 0.15) is 5.76 Å². The van der Waals surface area contributed by atoms with Crippen LogP contribution in [0.1, 0.15) is 84.0 Å². The highest BCUT2D eigenvalue weighted by Gasteiger charge is 2.44. The molecule has 0 aliphatic heterocycles. The Kier molecular flexibility index (Phi) is 9.46. The molecule has 28 heavy (non-hydrogen) atoms. The third kappa shape index (κ3) is 6.89. The molecule has 1 atom stereocenters. The molecule has 0 amide bonds. The Balaban J connectivity index is 1.69. The zero-order chi connectivity index (χ0) is 20.4. The van der Waals surface area contributed by atoms with Crippen LogP contribution in [0.5, 0.6) is 0 Å². The lowest BCUT2D eigenvalue weighted by Gasteiger charge is -2.39. The van der Waals surface area contributed by atoms with Crippen molar-refractivity contribution in [2.75, 3.05) is 6.61 Å². The smallest absolute Gasteiger partial charge is 0.309 e. The lowest BCUT2D eigenvalue weighted by Crippen LogP contribution is -2.38. The number of carboxylic acid groups (broad SMARTS) is 1. The van der Waals surface area contributed by atoms with Crippen LogP contribution in [0.15, 0.2) is 24.0 Å². The fourth-order valence-corrected chi connectivity index (χ4v) is 4.57. The second-order valence-corrected chi connectivity index (χ2v) is 8.50. The van der Waals surface area contributed by atoms with Crippen molar-refractivity contribution >= 4 is 5.97 Å². The van der Waals surface area contributed by atoms with Crippen molar-refractivity contribution in [1.29, 1.82) is 0 Å². The van der Waals surface area contributed by atoms with Crippen molar-refractivity contribution in [2.45, 2.75) is 90.4 Å². The van der Waals surface area contributed by atoms with Crippen molar-refractivity contribution in [3.05, 3.63) is 24.0 Å². The minimum absolute atomic E-state index is 0.354. The molecule has 2 rings (SSSR count). The van der Waals surface area contributed by atoms with Gasteiger partial charge in [-0.05, 0) is 62.5 Å². The first-order chi connectivity index (χ1) is 13.5. The van der Waals surface area contributed by atoms with Crippen molar-refractivity contribution in [3.63, 3.8) is 0 Å². The van der Waals surface area contributed by atoms with Gasteiger partial charge in [0.25, 0.3) is 0 Å². The van der Waals surface area contributed by atoms with E-state index in [9.17, 15) is 18.7 Å². The summed E-state index contributed by atoms with van der Waals surface area (Å²) < 4.78 is 31.5. The molecular formula is C23H36F2O3. The van der Waals surface area contributed by atoms with Crippen molar-refractivity contribution in [1.82, 2.24) is 0 Å². The van der Waals surface area contributed by atoms with Crippen LogP contribution in [0.25, 0.3) is 0 Å². The minimum atomic E-state index is -2.56. The molecule has 1 saturated carbocycles. The van der Waals surface area contributed by atoms with E-state index in [0.29, 0.717) is 37.5 Å². The van der Waals surface area contributed by atoms with Gasteiger partial charge >= 0.3 is 5.97 Å². The number of alkyl halides is 2. The average Bonchev–Trinajstić information content (AvgIpc) is 2.68. The maximum atomic E-state index is 12.8. The minimum Gasteiger partial charge on any atom is -0.494 e. The average molecular weight is 399 g/mol. The molecule has 1 N–H and O–H groups in total. The molecule has 0 aromatic carbocycles. The molecule has 1 fully saturated rings. The van der Waals surface area contributed by atoms with Crippen molar-refractivity contribution in [2.24, 2.45) is 17.3 Å². The zero-order valence-electron chi connectivity index (χ0n) is 17.2. The summed E-state index contributed by atoms with van der Waals surface area (Å²) in [6.45, 7) is 2.97. The Morgan fingerprint density at radius 2 is 1.89 bits per heavy atom. The number of allylic oxidation sites excluding steroid dienone is 3. The molecule has 0 radical (unpaired) electrons. The second kappa shape index (κ2) is 11.6. The van der Waals surface area contributed by atoms with E-state index in [2.05, 4.69) is 19.1 Å². The Labute approximate surface area is 168 Å². The van der Waals surface area contributed by atoms with Crippen LogP contribution in [-0.2, 0) is 9.53 Å². The van der Waals surface area contributed by atoms with E-state index in [-0.39, 0.29) is 0 Å². The molecule has 0 saturated heterocycles. The monoisotopic (exact) mass is 398 g/mol. The van der Waals surface area contributed by atoms with E-state index in [1.165, 1.54) is 32.1 Å². The van der Waals surface area contributed by atoms with Crippen LogP contribution >= 0.6 is 0 Å². The summed E-state index contributed by atoms with van der Waals surface area (Å²) in [5, 5.41) is 9.46. The molecule has 0 aromatic rings. The zero-order valence-corrected chi connectivity index (χ0v) is 17.2. The summed E-state index contributed by atoms with van der Waals surface area (Å²) >= 11 is 0. The first-order valence-corrected chi connectivity index (χ1v) is 11.0. The molecule has 0 heterocycles. The summed E-state index contributed by atoms with van der Waals surface area (Å²) in [6.07, 6.45) is 13.7. The highest BCUT2D eigenvalue weighted by molar-refractivity contribution is 5.74. The van der Waals surface area contributed by atoms with E-state index in [1.807, 2.05) is 6.08 Å². The molecule has 2 aliphatic carbocycles. The number of unbranched alkanes of at least 4 members (excludes halogenated alkanes) is 5. The van der Waals surface area contributed by atoms with Crippen LogP contribution in [0, 0.1) is 17.3 Å². The Morgan fingerprint density at radius 3 is 2.46 bits per heavy atom. The molecule has 3 nitrogen and oxygen atoms in total. The van der Waals surface area contributed by atoms with E-state index < -0.39 is 24.2 Å². The molecule has 0 spiro atoms. The topological polar surface area (TPSA) is 46.5 Å². The highest BCUT2D eigenvalue weighted by Crippen LogP contribution is 2.46. The Hall–Kier alpha value is -1.39.